The Morgan fingerprint density at radius 1 is 1.64 bits per heavy atom. The third-order valence-electron chi connectivity index (χ3n) is 1.70. The Hall–Kier alpha value is -0.720. The van der Waals surface area contributed by atoms with Gasteiger partial charge in [0.05, 0.1) is 19.3 Å². The average molecular weight is 217 g/mol. The van der Waals surface area contributed by atoms with E-state index in [1.807, 2.05) is 6.92 Å². The van der Waals surface area contributed by atoms with Gasteiger partial charge in [-0.3, -0.25) is 0 Å². The number of aliphatic hydroxyl groups is 1. The third kappa shape index (κ3) is 3.21. The van der Waals surface area contributed by atoms with Crippen LogP contribution in [0.5, 0.6) is 0 Å². The second-order valence-electron chi connectivity index (χ2n) is 2.85. The van der Waals surface area contributed by atoms with Crippen molar-refractivity contribution in [2.45, 2.75) is 19.4 Å². The predicted octanol–water partition coefficient (Wildman–Crippen LogP) is 0.520. The van der Waals surface area contributed by atoms with Gasteiger partial charge in [-0.25, -0.2) is 4.98 Å². The van der Waals surface area contributed by atoms with Crippen LogP contribution in [0.1, 0.15) is 12.7 Å². The van der Waals surface area contributed by atoms with Crippen LogP contribution in [-0.2, 0) is 11.2 Å². The zero-order chi connectivity index (χ0) is 10.4. The van der Waals surface area contributed by atoms with Crippen molar-refractivity contribution >= 4 is 16.7 Å². The number of hydrogen-bond acceptors (Lipinski definition) is 6. The molecule has 2 N–H and O–H groups in total. The minimum Gasteiger partial charge on any atom is -0.394 e. The SMILES string of the molecule is CCc1nsc(NC(CO)COC)n1. The molecule has 0 aromatic carbocycles. The molecule has 1 unspecified atom stereocenters. The fourth-order valence-electron chi connectivity index (χ4n) is 0.972. The molecule has 14 heavy (non-hydrogen) atoms. The largest absolute Gasteiger partial charge is 0.394 e. The topological polar surface area (TPSA) is 67.3 Å². The smallest absolute Gasteiger partial charge is 0.202 e. The van der Waals surface area contributed by atoms with Crippen LogP contribution in [0.2, 0.25) is 0 Å². The number of anilines is 1. The molecule has 0 saturated carbocycles. The molecule has 80 valence electrons. The first-order valence-corrected chi connectivity index (χ1v) is 5.26. The Labute approximate surface area is 87.3 Å². The number of nitrogens with zero attached hydrogens (tertiary/aromatic N) is 2. The van der Waals surface area contributed by atoms with E-state index in [1.165, 1.54) is 11.5 Å². The van der Waals surface area contributed by atoms with Gasteiger partial charge in [0, 0.05) is 25.1 Å². The van der Waals surface area contributed by atoms with E-state index < -0.39 is 0 Å². The van der Waals surface area contributed by atoms with E-state index in [1.54, 1.807) is 7.11 Å². The van der Waals surface area contributed by atoms with Gasteiger partial charge in [0.2, 0.25) is 5.13 Å². The Bertz CT molecular complexity index is 267. The highest BCUT2D eigenvalue weighted by molar-refractivity contribution is 7.09. The van der Waals surface area contributed by atoms with Gasteiger partial charge in [0.15, 0.2) is 0 Å². The van der Waals surface area contributed by atoms with E-state index in [2.05, 4.69) is 14.7 Å². The summed E-state index contributed by atoms with van der Waals surface area (Å²) < 4.78 is 9.06. The van der Waals surface area contributed by atoms with Crippen molar-refractivity contribution in [2.75, 3.05) is 25.6 Å². The van der Waals surface area contributed by atoms with Gasteiger partial charge >= 0.3 is 0 Å². The molecular weight excluding hydrogens is 202 g/mol. The van der Waals surface area contributed by atoms with Gasteiger partial charge in [-0.1, -0.05) is 6.92 Å². The van der Waals surface area contributed by atoms with Crippen LogP contribution < -0.4 is 5.32 Å². The summed E-state index contributed by atoms with van der Waals surface area (Å²) in [6, 6.07) is -0.113. The molecular formula is C8H15N3O2S. The van der Waals surface area contributed by atoms with Gasteiger partial charge in [-0.05, 0) is 0 Å². The number of rotatable bonds is 6. The highest BCUT2D eigenvalue weighted by atomic mass is 32.1. The van der Waals surface area contributed by atoms with Gasteiger partial charge in [0.25, 0.3) is 0 Å². The van der Waals surface area contributed by atoms with E-state index in [0.29, 0.717) is 6.61 Å². The van der Waals surface area contributed by atoms with Gasteiger partial charge in [-0.2, -0.15) is 4.37 Å². The Morgan fingerprint density at radius 3 is 2.93 bits per heavy atom. The van der Waals surface area contributed by atoms with Crippen LogP contribution in [0, 0.1) is 0 Å². The predicted molar refractivity (Wildman–Crippen MR) is 55.7 cm³/mol. The first kappa shape index (κ1) is 11.4. The summed E-state index contributed by atoms with van der Waals surface area (Å²) in [6.07, 6.45) is 0.826. The lowest BCUT2D eigenvalue weighted by Gasteiger charge is -2.13. The minimum atomic E-state index is -0.113. The van der Waals surface area contributed by atoms with Crippen molar-refractivity contribution in [2.24, 2.45) is 0 Å². The fraction of sp³-hybridized carbons (Fsp3) is 0.750. The summed E-state index contributed by atoms with van der Waals surface area (Å²) in [6.45, 7) is 2.48. The molecule has 1 aromatic rings. The summed E-state index contributed by atoms with van der Waals surface area (Å²) >= 11 is 1.30. The van der Waals surface area contributed by atoms with E-state index in [9.17, 15) is 0 Å². The molecule has 1 atom stereocenters. The molecule has 0 bridgehead atoms. The first-order valence-electron chi connectivity index (χ1n) is 4.49. The van der Waals surface area contributed by atoms with Crippen molar-refractivity contribution in [3.63, 3.8) is 0 Å². The molecule has 0 saturated heterocycles. The minimum absolute atomic E-state index is 0.0227. The molecule has 0 spiro atoms. The molecule has 0 fully saturated rings. The second-order valence-corrected chi connectivity index (χ2v) is 3.60. The normalized spacial score (nSPS) is 12.8. The lowest BCUT2D eigenvalue weighted by atomic mass is 10.3. The maximum absolute atomic E-state index is 9.00. The standard InChI is InChI=1S/C8H15N3O2S/c1-3-7-10-8(14-11-7)9-6(4-12)5-13-2/h6,12H,3-5H2,1-2H3,(H,9,10,11). The molecule has 1 aromatic heterocycles. The van der Waals surface area contributed by atoms with Gasteiger partial charge in [0.1, 0.15) is 5.82 Å². The van der Waals surface area contributed by atoms with Crippen molar-refractivity contribution in [3.05, 3.63) is 5.82 Å². The lowest BCUT2D eigenvalue weighted by Crippen LogP contribution is -2.28. The summed E-state index contributed by atoms with van der Waals surface area (Å²) in [5, 5.41) is 12.8. The summed E-state index contributed by atoms with van der Waals surface area (Å²) in [4.78, 5) is 4.23. The summed E-state index contributed by atoms with van der Waals surface area (Å²) in [5.41, 5.74) is 0. The van der Waals surface area contributed by atoms with Crippen LogP contribution in [0.3, 0.4) is 0 Å². The third-order valence-corrected chi connectivity index (χ3v) is 2.38. The van der Waals surface area contributed by atoms with E-state index in [-0.39, 0.29) is 12.6 Å². The first-order chi connectivity index (χ1) is 6.80. The zero-order valence-electron chi connectivity index (χ0n) is 8.36. The number of nitrogens with one attached hydrogen (secondary N) is 1. The van der Waals surface area contributed by atoms with Crippen LogP contribution >= 0.6 is 11.5 Å². The Balaban J connectivity index is 2.48. The number of aromatic nitrogens is 2. The number of aryl methyl sites for hydroxylation is 1. The molecule has 1 rings (SSSR count). The highest BCUT2D eigenvalue weighted by Crippen LogP contribution is 2.12. The van der Waals surface area contributed by atoms with Crippen LogP contribution in [0.25, 0.3) is 0 Å². The maximum atomic E-state index is 9.00. The maximum Gasteiger partial charge on any atom is 0.202 e. The average Bonchev–Trinajstić information content (AvgIpc) is 2.65. The Kier molecular flexibility index (Phi) is 4.78. The summed E-state index contributed by atoms with van der Waals surface area (Å²) in [7, 11) is 1.60. The van der Waals surface area contributed by atoms with Crippen molar-refractivity contribution < 1.29 is 9.84 Å². The molecule has 0 amide bonds. The van der Waals surface area contributed by atoms with Crippen molar-refractivity contribution in [1.29, 1.82) is 0 Å². The highest BCUT2D eigenvalue weighted by Gasteiger charge is 2.09. The van der Waals surface area contributed by atoms with E-state index in [4.69, 9.17) is 9.84 Å². The monoisotopic (exact) mass is 217 g/mol. The quantitative estimate of drug-likeness (QED) is 0.727. The lowest BCUT2D eigenvalue weighted by molar-refractivity contribution is 0.153. The van der Waals surface area contributed by atoms with Crippen molar-refractivity contribution in [1.82, 2.24) is 9.36 Å². The van der Waals surface area contributed by atoms with E-state index >= 15 is 0 Å². The van der Waals surface area contributed by atoms with Gasteiger partial charge in [-0.15, -0.1) is 0 Å². The molecule has 0 aliphatic carbocycles. The number of ether oxygens (including phenoxy) is 1. The molecule has 6 heteroatoms. The second kappa shape index (κ2) is 5.90. The molecule has 0 aliphatic rings. The molecule has 5 nitrogen and oxygen atoms in total. The molecule has 0 radical (unpaired) electrons. The number of aliphatic hydroxyl groups excluding tert-OH is 1. The van der Waals surface area contributed by atoms with E-state index in [0.717, 1.165) is 17.4 Å². The number of hydrogen-bond donors (Lipinski definition) is 2. The van der Waals surface area contributed by atoms with Crippen LogP contribution in [-0.4, -0.2) is 40.8 Å². The Morgan fingerprint density at radius 2 is 2.43 bits per heavy atom. The number of methoxy groups -OCH3 is 1. The summed E-state index contributed by atoms with van der Waals surface area (Å²) in [5.74, 6) is 0.826. The fourth-order valence-corrected chi connectivity index (χ4v) is 1.70. The molecule has 0 aliphatic heterocycles. The van der Waals surface area contributed by atoms with Crippen LogP contribution in [0.4, 0.5) is 5.13 Å². The zero-order valence-corrected chi connectivity index (χ0v) is 9.17. The van der Waals surface area contributed by atoms with Gasteiger partial charge < -0.3 is 15.2 Å². The van der Waals surface area contributed by atoms with Crippen LogP contribution in [0.15, 0.2) is 0 Å². The molecule has 1 heterocycles. The van der Waals surface area contributed by atoms with Crippen molar-refractivity contribution in [3.8, 4) is 0 Å².